The Morgan fingerprint density at radius 1 is 1.62 bits per heavy atom. The number of nitrogens with zero attached hydrogens (tertiary/aromatic N) is 1. The van der Waals surface area contributed by atoms with Crippen molar-refractivity contribution >= 4 is 11.3 Å². The molecule has 0 aliphatic carbocycles. The summed E-state index contributed by atoms with van der Waals surface area (Å²) in [7, 11) is 0. The fourth-order valence-electron chi connectivity index (χ4n) is 2.51. The van der Waals surface area contributed by atoms with Crippen LogP contribution in [-0.2, 0) is 0 Å². The molecule has 2 atom stereocenters. The molecule has 0 amide bonds. The second kappa shape index (κ2) is 5.27. The molecule has 90 valence electrons. The van der Waals surface area contributed by atoms with Gasteiger partial charge in [-0.15, -0.1) is 11.3 Å². The molecule has 0 aromatic carbocycles. The van der Waals surface area contributed by atoms with Crippen LogP contribution in [-0.4, -0.2) is 35.7 Å². The van der Waals surface area contributed by atoms with E-state index in [0.717, 1.165) is 13.0 Å². The summed E-state index contributed by atoms with van der Waals surface area (Å²) in [5, 5.41) is 9.35. The molecule has 2 rings (SSSR count). The number of rotatable bonds is 4. The Morgan fingerprint density at radius 2 is 2.44 bits per heavy atom. The largest absolute Gasteiger partial charge is 0.395 e. The molecule has 3 N–H and O–H groups in total. The number of likely N-dealkylation sites (tertiary alicyclic amines) is 1. The van der Waals surface area contributed by atoms with Crippen LogP contribution in [0.15, 0.2) is 12.1 Å². The Bertz CT molecular complexity index is 340. The third-order valence-corrected chi connectivity index (χ3v) is 4.45. The van der Waals surface area contributed by atoms with Crippen molar-refractivity contribution in [3.8, 4) is 0 Å². The lowest BCUT2D eigenvalue weighted by Gasteiger charge is -2.30. The SMILES string of the molecule is Cc1ccc(C(CN)N2CCCC2CO)s1. The standard InChI is InChI=1S/C12H20N2OS/c1-9-4-5-12(16-9)11(7-13)14-6-2-3-10(14)8-15/h4-5,10-11,15H,2-3,6-8,13H2,1H3. The van der Waals surface area contributed by atoms with Crippen molar-refractivity contribution in [3.05, 3.63) is 21.9 Å². The Balaban J connectivity index is 2.15. The van der Waals surface area contributed by atoms with E-state index in [1.54, 1.807) is 0 Å². The van der Waals surface area contributed by atoms with Gasteiger partial charge in [-0.2, -0.15) is 0 Å². The fourth-order valence-corrected chi connectivity index (χ4v) is 3.52. The predicted molar refractivity (Wildman–Crippen MR) is 67.7 cm³/mol. The van der Waals surface area contributed by atoms with E-state index >= 15 is 0 Å². The quantitative estimate of drug-likeness (QED) is 0.839. The van der Waals surface area contributed by atoms with Gasteiger partial charge in [-0.3, -0.25) is 4.90 Å². The molecule has 3 nitrogen and oxygen atoms in total. The van der Waals surface area contributed by atoms with Crippen molar-refractivity contribution in [1.29, 1.82) is 0 Å². The van der Waals surface area contributed by atoms with Gasteiger partial charge in [0.1, 0.15) is 0 Å². The second-order valence-corrected chi connectivity index (χ2v) is 5.74. The highest BCUT2D eigenvalue weighted by Gasteiger charge is 2.30. The van der Waals surface area contributed by atoms with Crippen LogP contribution in [0.2, 0.25) is 0 Å². The number of aliphatic hydroxyl groups is 1. The molecule has 1 aliphatic heterocycles. The average molecular weight is 240 g/mol. The monoisotopic (exact) mass is 240 g/mol. The summed E-state index contributed by atoms with van der Waals surface area (Å²) in [6.07, 6.45) is 2.27. The normalized spacial score (nSPS) is 23.8. The van der Waals surface area contributed by atoms with Crippen molar-refractivity contribution in [1.82, 2.24) is 4.90 Å². The van der Waals surface area contributed by atoms with Crippen molar-refractivity contribution in [2.24, 2.45) is 5.73 Å². The number of thiophene rings is 1. The lowest BCUT2D eigenvalue weighted by atomic mass is 10.1. The molecule has 1 fully saturated rings. The van der Waals surface area contributed by atoms with Crippen LogP contribution in [0.3, 0.4) is 0 Å². The zero-order valence-corrected chi connectivity index (χ0v) is 10.5. The molecule has 0 saturated carbocycles. The van der Waals surface area contributed by atoms with Gasteiger partial charge in [0.2, 0.25) is 0 Å². The highest BCUT2D eigenvalue weighted by atomic mass is 32.1. The molecule has 4 heteroatoms. The summed E-state index contributed by atoms with van der Waals surface area (Å²) in [6.45, 7) is 4.07. The van der Waals surface area contributed by atoms with Crippen LogP contribution in [0.25, 0.3) is 0 Å². The van der Waals surface area contributed by atoms with Gasteiger partial charge in [-0.05, 0) is 38.4 Å². The van der Waals surface area contributed by atoms with Crippen LogP contribution in [0.5, 0.6) is 0 Å². The van der Waals surface area contributed by atoms with E-state index < -0.39 is 0 Å². The first-order valence-corrected chi connectivity index (χ1v) is 6.71. The maximum Gasteiger partial charge on any atom is 0.0587 e. The highest BCUT2D eigenvalue weighted by Crippen LogP contribution is 2.32. The van der Waals surface area contributed by atoms with E-state index in [2.05, 4.69) is 24.0 Å². The van der Waals surface area contributed by atoms with Crippen molar-refractivity contribution in [2.75, 3.05) is 19.7 Å². The molecule has 1 aromatic heterocycles. The first kappa shape index (κ1) is 12.0. The van der Waals surface area contributed by atoms with E-state index in [4.69, 9.17) is 5.73 Å². The number of aryl methyl sites for hydroxylation is 1. The summed E-state index contributed by atoms with van der Waals surface area (Å²) < 4.78 is 0. The first-order valence-electron chi connectivity index (χ1n) is 5.89. The number of hydrogen-bond acceptors (Lipinski definition) is 4. The number of nitrogens with two attached hydrogens (primary N) is 1. The van der Waals surface area contributed by atoms with Crippen molar-refractivity contribution in [3.63, 3.8) is 0 Å². The van der Waals surface area contributed by atoms with E-state index in [1.807, 2.05) is 11.3 Å². The molecular formula is C12H20N2OS. The van der Waals surface area contributed by atoms with Gasteiger partial charge in [0, 0.05) is 22.3 Å². The summed E-state index contributed by atoms with van der Waals surface area (Å²) in [5.41, 5.74) is 5.89. The van der Waals surface area contributed by atoms with E-state index in [1.165, 1.54) is 16.2 Å². The van der Waals surface area contributed by atoms with Gasteiger partial charge in [0.05, 0.1) is 12.6 Å². The summed E-state index contributed by atoms with van der Waals surface area (Å²) in [6, 6.07) is 4.91. The molecule has 1 saturated heterocycles. The third kappa shape index (κ3) is 2.30. The highest BCUT2D eigenvalue weighted by molar-refractivity contribution is 7.12. The minimum Gasteiger partial charge on any atom is -0.395 e. The fraction of sp³-hybridized carbons (Fsp3) is 0.667. The zero-order chi connectivity index (χ0) is 11.5. The summed E-state index contributed by atoms with van der Waals surface area (Å²) >= 11 is 1.82. The molecule has 0 radical (unpaired) electrons. The maximum atomic E-state index is 9.35. The average Bonchev–Trinajstić information content (AvgIpc) is 2.89. The lowest BCUT2D eigenvalue weighted by Crippen LogP contribution is -2.38. The van der Waals surface area contributed by atoms with Crippen molar-refractivity contribution in [2.45, 2.75) is 31.8 Å². The zero-order valence-electron chi connectivity index (χ0n) is 9.72. The van der Waals surface area contributed by atoms with Crippen LogP contribution in [0, 0.1) is 6.92 Å². The van der Waals surface area contributed by atoms with Gasteiger partial charge in [0.15, 0.2) is 0 Å². The minimum absolute atomic E-state index is 0.251. The van der Waals surface area contributed by atoms with E-state index in [9.17, 15) is 5.11 Å². The van der Waals surface area contributed by atoms with Crippen LogP contribution >= 0.6 is 11.3 Å². The third-order valence-electron chi connectivity index (χ3n) is 3.35. The van der Waals surface area contributed by atoms with E-state index in [-0.39, 0.29) is 6.61 Å². The molecule has 1 aliphatic rings. The predicted octanol–water partition coefficient (Wildman–Crippen LogP) is 1.51. The Kier molecular flexibility index (Phi) is 3.97. The van der Waals surface area contributed by atoms with Crippen LogP contribution < -0.4 is 5.73 Å². The topological polar surface area (TPSA) is 49.5 Å². The smallest absolute Gasteiger partial charge is 0.0587 e. The van der Waals surface area contributed by atoms with Gasteiger partial charge in [-0.1, -0.05) is 0 Å². The summed E-state index contributed by atoms with van der Waals surface area (Å²) in [4.78, 5) is 5.03. The van der Waals surface area contributed by atoms with Crippen LogP contribution in [0.4, 0.5) is 0 Å². The molecule has 2 unspecified atom stereocenters. The van der Waals surface area contributed by atoms with Crippen molar-refractivity contribution < 1.29 is 5.11 Å². The Morgan fingerprint density at radius 3 is 3.00 bits per heavy atom. The Labute approximate surface area is 101 Å². The van der Waals surface area contributed by atoms with Gasteiger partial charge >= 0.3 is 0 Å². The van der Waals surface area contributed by atoms with E-state index in [0.29, 0.717) is 18.6 Å². The van der Waals surface area contributed by atoms with Gasteiger partial charge in [0.25, 0.3) is 0 Å². The molecule has 1 aromatic rings. The molecule has 0 bridgehead atoms. The number of aliphatic hydroxyl groups excluding tert-OH is 1. The van der Waals surface area contributed by atoms with Gasteiger partial charge < -0.3 is 10.8 Å². The molecule has 16 heavy (non-hydrogen) atoms. The molecular weight excluding hydrogens is 220 g/mol. The molecule has 2 heterocycles. The molecule has 0 spiro atoms. The minimum atomic E-state index is 0.251. The second-order valence-electron chi connectivity index (χ2n) is 4.42. The summed E-state index contributed by atoms with van der Waals surface area (Å²) in [5.74, 6) is 0. The number of hydrogen-bond donors (Lipinski definition) is 2. The first-order chi connectivity index (χ1) is 7.76. The van der Waals surface area contributed by atoms with Gasteiger partial charge in [-0.25, -0.2) is 0 Å². The van der Waals surface area contributed by atoms with Crippen LogP contribution in [0.1, 0.15) is 28.6 Å². The lowest BCUT2D eigenvalue weighted by molar-refractivity contribution is 0.123. The maximum absolute atomic E-state index is 9.35. The Hall–Kier alpha value is -0.420.